The van der Waals surface area contributed by atoms with Crippen molar-refractivity contribution in [2.24, 2.45) is 5.41 Å². The Morgan fingerprint density at radius 2 is 1.80 bits per heavy atom. The van der Waals surface area contributed by atoms with Crippen molar-refractivity contribution in [2.75, 3.05) is 6.61 Å². The van der Waals surface area contributed by atoms with Gasteiger partial charge in [-0.05, 0) is 50.9 Å². The van der Waals surface area contributed by atoms with Crippen LogP contribution in [0.25, 0.3) is 0 Å². The number of hydrogen-bond donors (Lipinski definition) is 1. The first kappa shape index (κ1) is 15.8. The van der Waals surface area contributed by atoms with Crippen LogP contribution in [-0.2, 0) is 9.53 Å². The van der Waals surface area contributed by atoms with Gasteiger partial charge in [0.2, 0.25) is 0 Å². The summed E-state index contributed by atoms with van der Waals surface area (Å²) in [4.78, 5) is 12.6. The molecule has 0 saturated heterocycles. The maximum atomic E-state index is 12.6. The van der Waals surface area contributed by atoms with Crippen LogP contribution in [0.15, 0.2) is 0 Å². The Morgan fingerprint density at radius 1 is 1.10 bits per heavy atom. The lowest BCUT2D eigenvalue weighted by Gasteiger charge is -2.35. The summed E-state index contributed by atoms with van der Waals surface area (Å²) < 4.78 is 5.42. The number of hydrogen-bond acceptors (Lipinski definition) is 3. The number of rotatable bonds is 4. The molecule has 0 bridgehead atoms. The third-order valence-electron chi connectivity index (χ3n) is 5.19. The summed E-state index contributed by atoms with van der Waals surface area (Å²) in [6, 6.07) is 0.514. The molecule has 1 N–H and O–H groups in total. The predicted molar refractivity (Wildman–Crippen MR) is 81.6 cm³/mol. The van der Waals surface area contributed by atoms with Crippen LogP contribution in [0.5, 0.6) is 0 Å². The second-order valence-electron chi connectivity index (χ2n) is 7.45. The third-order valence-corrected chi connectivity index (χ3v) is 5.19. The molecule has 2 aliphatic rings. The van der Waals surface area contributed by atoms with Crippen molar-refractivity contribution in [2.45, 2.75) is 90.1 Å². The zero-order valence-electron chi connectivity index (χ0n) is 13.5. The number of esters is 1. The molecule has 1 atom stereocenters. The van der Waals surface area contributed by atoms with Crippen molar-refractivity contribution in [1.29, 1.82) is 0 Å². The minimum Gasteiger partial charge on any atom is -0.465 e. The minimum atomic E-state index is -0.418. The van der Waals surface area contributed by atoms with Gasteiger partial charge in [0.25, 0.3) is 0 Å². The minimum absolute atomic E-state index is 0.00963. The number of ether oxygens (including phenoxy) is 1. The van der Waals surface area contributed by atoms with Crippen molar-refractivity contribution in [3.63, 3.8) is 0 Å². The fraction of sp³-hybridized carbons (Fsp3) is 0.941. The van der Waals surface area contributed by atoms with E-state index in [2.05, 4.69) is 19.2 Å². The van der Waals surface area contributed by atoms with Gasteiger partial charge in [-0.1, -0.05) is 33.1 Å². The van der Waals surface area contributed by atoms with E-state index >= 15 is 0 Å². The monoisotopic (exact) mass is 281 g/mol. The molecule has 116 valence electrons. The van der Waals surface area contributed by atoms with Gasteiger partial charge in [-0.15, -0.1) is 0 Å². The summed E-state index contributed by atoms with van der Waals surface area (Å²) in [7, 11) is 0. The van der Waals surface area contributed by atoms with E-state index in [9.17, 15) is 4.79 Å². The third kappa shape index (κ3) is 3.75. The maximum Gasteiger partial charge on any atom is 0.326 e. The second-order valence-corrected chi connectivity index (χ2v) is 7.45. The summed E-state index contributed by atoms with van der Waals surface area (Å²) in [5.74, 6) is -0.00963. The van der Waals surface area contributed by atoms with Crippen molar-refractivity contribution in [3.8, 4) is 0 Å². The summed E-state index contributed by atoms with van der Waals surface area (Å²) in [5.41, 5.74) is -0.0651. The lowest BCUT2D eigenvalue weighted by Crippen LogP contribution is -2.56. The highest BCUT2D eigenvalue weighted by atomic mass is 16.5. The van der Waals surface area contributed by atoms with E-state index in [1.807, 2.05) is 6.92 Å². The van der Waals surface area contributed by atoms with Crippen molar-refractivity contribution in [1.82, 2.24) is 5.32 Å². The van der Waals surface area contributed by atoms with Crippen LogP contribution in [0.4, 0.5) is 0 Å². The first-order chi connectivity index (χ1) is 9.47. The van der Waals surface area contributed by atoms with Crippen molar-refractivity contribution >= 4 is 5.97 Å². The van der Waals surface area contributed by atoms with Gasteiger partial charge in [-0.2, -0.15) is 0 Å². The van der Waals surface area contributed by atoms with E-state index in [4.69, 9.17) is 4.74 Å². The van der Waals surface area contributed by atoms with Gasteiger partial charge < -0.3 is 4.74 Å². The highest BCUT2D eigenvalue weighted by Gasteiger charge is 2.44. The molecular weight excluding hydrogens is 250 g/mol. The van der Waals surface area contributed by atoms with Crippen LogP contribution < -0.4 is 5.32 Å². The quantitative estimate of drug-likeness (QED) is 0.629. The van der Waals surface area contributed by atoms with Crippen molar-refractivity contribution < 1.29 is 9.53 Å². The van der Waals surface area contributed by atoms with Gasteiger partial charge in [-0.25, -0.2) is 0 Å². The van der Waals surface area contributed by atoms with Gasteiger partial charge in [0.1, 0.15) is 5.54 Å². The zero-order chi connectivity index (χ0) is 14.6. The fourth-order valence-electron chi connectivity index (χ4n) is 3.81. The average Bonchev–Trinajstić information content (AvgIpc) is 2.83. The Hall–Kier alpha value is -0.570. The molecule has 2 aliphatic carbocycles. The number of carbonyl (C=O) groups excluding carboxylic acids is 1. The molecule has 0 aromatic carbocycles. The molecular formula is C17H31NO2. The van der Waals surface area contributed by atoms with Gasteiger partial charge in [-0.3, -0.25) is 10.1 Å². The summed E-state index contributed by atoms with van der Waals surface area (Å²) >= 11 is 0. The Balaban J connectivity index is 2.12. The Morgan fingerprint density at radius 3 is 2.45 bits per heavy atom. The maximum absolute atomic E-state index is 12.6. The van der Waals surface area contributed by atoms with Crippen LogP contribution in [0.1, 0.15) is 78.6 Å². The Labute approximate surface area is 123 Å². The van der Waals surface area contributed by atoms with Crippen LogP contribution in [0, 0.1) is 5.41 Å². The van der Waals surface area contributed by atoms with Crippen LogP contribution in [0.2, 0.25) is 0 Å². The van der Waals surface area contributed by atoms with E-state index in [0.29, 0.717) is 18.1 Å². The molecule has 0 spiro atoms. The molecule has 0 aromatic rings. The second kappa shape index (κ2) is 6.46. The highest BCUT2D eigenvalue weighted by molar-refractivity contribution is 5.81. The standard InChI is InChI=1S/C17H31NO2/c1-4-20-15(19)17(18-14-8-5-6-9-14)11-7-10-16(2,3)12-13-17/h14,18H,4-13H2,1-3H3. The highest BCUT2D eigenvalue weighted by Crippen LogP contribution is 2.39. The van der Waals surface area contributed by atoms with Crippen LogP contribution in [0.3, 0.4) is 0 Å². The van der Waals surface area contributed by atoms with Gasteiger partial charge >= 0.3 is 5.97 Å². The van der Waals surface area contributed by atoms with E-state index in [-0.39, 0.29) is 5.97 Å². The van der Waals surface area contributed by atoms with E-state index < -0.39 is 5.54 Å². The molecule has 2 fully saturated rings. The summed E-state index contributed by atoms with van der Waals surface area (Å²) in [5, 5.41) is 3.72. The zero-order valence-corrected chi connectivity index (χ0v) is 13.5. The average molecular weight is 281 g/mol. The molecule has 0 amide bonds. The molecule has 20 heavy (non-hydrogen) atoms. The van der Waals surface area contributed by atoms with E-state index in [1.54, 1.807) is 0 Å². The molecule has 0 radical (unpaired) electrons. The lowest BCUT2D eigenvalue weighted by molar-refractivity contribution is -0.152. The van der Waals surface area contributed by atoms with E-state index in [0.717, 1.165) is 25.7 Å². The molecule has 1 unspecified atom stereocenters. The first-order valence-corrected chi connectivity index (χ1v) is 8.42. The van der Waals surface area contributed by atoms with Crippen LogP contribution >= 0.6 is 0 Å². The molecule has 0 aliphatic heterocycles. The molecule has 2 rings (SSSR count). The summed E-state index contributed by atoms with van der Waals surface area (Å²) in [6.07, 6.45) is 10.3. The summed E-state index contributed by atoms with van der Waals surface area (Å²) in [6.45, 7) is 7.03. The molecule has 3 heteroatoms. The number of nitrogens with one attached hydrogen (secondary N) is 1. The molecule has 2 saturated carbocycles. The lowest BCUT2D eigenvalue weighted by atomic mass is 9.83. The van der Waals surface area contributed by atoms with Gasteiger partial charge in [0, 0.05) is 6.04 Å². The first-order valence-electron chi connectivity index (χ1n) is 8.42. The van der Waals surface area contributed by atoms with Crippen molar-refractivity contribution in [3.05, 3.63) is 0 Å². The largest absolute Gasteiger partial charge is 0.465 e. The number of carbonyl (C=O) groups is 1. The predicted octanol–water partition coefficient (Wildman–Crippen LogP) is 3.81. The fourth-order valence-corrected chi connectivity index (χ4v) is 3.81. The topological polar surface area (TPSA) is 38.3 Å². The Bertz CT molecular complexity index is 334. The molecule has 0 aromatic heterocycles. The molecule has 0 heterocycles. The van der Waals surface area contributed by atoms with Crippen LogP contribution in [-0.4, -0.2) is 24.2 Å². The van der Waals surface area contributed by atoms with E-state index in [1.165, 1.54) is 32.1 Å². The van der Waals surface area contributed by atoms with Gasteiger partial charge in [0.15, 0.2) is 0 Å². The molecule has 3 nitrogen and oxygen atoms in total. The smallest absolute Gasteiger partial charge is 0.326 e. The van der Waals surface area contributed by atoms with Gasteiger partial charge in [0.05, 0.1) is 6.61 Å². The SMILES string of the molecule is CCOC(=O)C1(NC2CCCC2)CCCC(C)(C)CC1. The Kier molecular flexibility index (Phi) is 5.11. The normalized spacial score (nSPS) is 30.9.